The molecule has 0 aliphatic heterocycles. The Morgan fingerprint density at radius 1 is 0.500 bits per heavy atom. The summed E-state index contributed by atoms with van der Waals surface area (Å²) < 4.78 is 28.5. The van der Waals surface area contributed by atoms with Crippen LogP contribution in [0.2, 0.25) is 0 Å². The van der Waals surface area contributed by atoms with Gasteiger partial charge in [0, 0.05) is 10.7 Å². The molecule has 0 aliphatic carbocycles. The lowest BCUT2D eigenvalue weighted by molar-refractivity contribution is 0.619. The average Bonchev–Trinajstić information content (AvgIpc) is 3.04. The van der Waals surface area contributed by atoms with Gasteiger partial charge in [-0.15, -0.1) is 0 Å². The van der Waals surface area contributed by atoms with Crippen molar-refractivity contribution in [2.75, 3.05) is 0 Å². The van der Waals surface area contributed by atoms with E-state index in [1.165, 1.54) is 36.5 Å². The molecule has 0 radical (unpaired) electrons. The van der Waals surface area contributed by atoms with E-state index in [2.05, 4.69) is 108 Å². The maximum absolute atomic E-state index is 12.8. The molecule has 4 rings (SSSR count). The predicted molar refractivity (Wildman–Crippen MR) is 235 cm³/mol. The van der Waals surface area contributed by atoms with Crippen molar-refractivity contribution in [2.24, 2.45) is 42.9 Å². The summed E-state index contributed by atoms with van der Waals surface area (Å²) in [7, 11) is 0. The Morgan fingerprint density at radius 3 is 1.32 bits per heavy atom. The number of nitrogens with two attached hydrogens (primary N) is 4. The molecule has 270 valence electrons. The molecule has 0 unspecified atom stereocenters. The third-order valence-electron chi connectivity index (χ3n) is 5.72. The monoisotopic (exact) mass is 1030 g/mol. The molecule has 4 aromatic carbocycles. The molecule has 0 aromatic heterocycles. The van der Waals surface area contributed by atoms with E-state index in [0.29, 0.717) is 53.1 Å². The van der Waals surface area contributed by atoms with Crippen LogP contribution in [0.25, 0.3) is 0 Å². The van der Waals surface area contributed by atoms with Gasteiger partial charge in [0.2, 0.25) is 0 Å². The van der Waals surface area contributed by atoms with E-state index in [0.717, 1.165) is 11.1 Å². The molecule has 0 saturated carbocycles. The normalized spacial score (nSPS) is 11.5. The van der Waals surface area contributed by atoms with Gasteiger partial charge in [-0.2, -0.15) is 0 Å². The average molecular weight is 1030 g/mol. The molecule has 8 N–H and O–H groups in total. The summed E-state index contributed by atoms with van der Waals surface area (Å²) in [5, 5.41) is 0. The number of nitrogens with zero attached hydrogens (tertiary/aromatic N) is 4. The predicted octanol–water partition coefficient (Wildman–Crippen LogP) is 8.98. The number of benzene rings is 4. The Kier molecular flexibility index (Phi) is 24.9. The minimum absolute atomic E-state index is 0. The van der Waals surface area contributed by atoms with Crippen LogP contribution in [0.3, 0.4) is 0 Å². The summed E-state index contributed by atoms with van der Waals surface area (Å²) in [4.78, 5) is 16.2. The van der Waals surface area contributed by atoms with Gasteiger partial charge in [-0.05, 0) is 166 Å². The summed E-state index contributed by atoms with van der Waals surface area (Å²) in [6.07, 6.45) is 0. The lowest BCUT2D eigenvalue weighted by Crippen LogP contribution is -2.05. The highest BCUT2D eigenvalue weighted by molar-refractivity contribution is 14.1. The molecule has 0 bridgehead atoms. The molecule has 0 saturated heterocycles. The van der Waals surface area contributed by atoms with Gasteiger partial charge in [-0.25, -0.2) is 8.78 Å². The molecule has 4 aromatic rings. The first kappa shape index (κ1) is 46.8. The van der Waals surface area contributed by atoms with Crippen LogP contribution >= 0.6 is 67.8 Å². The fourth-order valence-electron chi connectivity index (χ4n) is 3.36. The van der Waals surface area contributed by atoms with Crippen molar-refractivity contribution in [2.45, 2.75) is 61.3 Å². The van der Waals surface area contributed by atoms with Gasteiger partial charge in [0.05, 0.1) is 49.5 Å². The Hall–Kier alpha value is -3.19. The highest BCUT2D eigenvalue weighted by Crippen LogP contribution is 2.13. The first-order chi connectivity index (χ1) is 23.1. The first-order valence-corrected chi connectivity index (χ1v) is 18.1. The van der Waals surface area contributed by atoms with Gasteiger partial charge in [0.1, 0.15) is 11.6 Å². The quantitative estimate of drug-likeness (QED) is 0.0791. The van der Waals surface area contributed by atoms with Crippen LogP contribution in [-0.4, -0.2) is 23.3 Å². The summed E-state index contributed by atoms with van der Waals surface area (Å²) in [6, 6.07) is 27.8. The fraction of sp³-hybridized carbons (Fsp3) is 0.243. The SMILES string of the molecule is C.CC(N)=NCc1ccc(F)c([131I])c1.CC(N)=NCc1ccc([131I])cc1.CC(N)=NCc1cccc([131I])c1.CC(N)=NCc1cccc([18F])c1. The van der Waals surface area contributed by atoms with E-state index in [4.69, 9.17) is 22.9 Å². The van der Waals surface area contributed by atoms with Crippen molar-refractivity contribution < 1.29 is 8.78 Å². The smallest absolute Gasteiger partial charge is 0.136 e. The maximum Gasteiger partial charge on any atom is 0.136 e. The summed E-state index contributed by atoms with van der Waals surface area (Å²) >= 11 is 6.51. The lowest BCUT2D eigenvalue weighted by Gasteiger charge is -1.99. The van der Waals surface area contributed by atoms with Gasteiger partial charge < -0.3 is 22.9 Å². The van der Waals surface area contributed by atoms with Gasteiger partial charge >= 0.3 is 0 Å². The van der Waals surface area contributed by atoms with Gasteiger partial charge in [-0.1, -0.05) is 49.9 Å². The van der Waals surface area contributed by atoms with Gasteiger partial charge in [0.15, 0.2) is 0 Å². The zero-order valence-electron chi connectivity index (χ0n) is 28.0. The third kappa shape index (κ3) is 24.0. The summed E-state index contributed by atoms with van der Waals surface area (Å²) in [5.74, 6) is 1.89. The fourth-order valence-corrected chi connectivity index (χ4v) is 4.91. The number of rotatable bonds is 8. The van der Waals surface area contributed by atoms with Crippen LogP contribution in [0.4, 0.5) is 8.78 Å². The van der Waals surface area contributed by atoms with Crippen molar-refractivity contribution in [1.29, 1.82) is 0 Å². The molecule has 8 nitrogen and oxygen atoms in total. The molecule has 13 heteroatoms. The number of amidine groups is 4. The van der Waals surface area contributed by atoms with Crippen LogP contribution in [-0.2, 0) is 26.2 Å². The van der Waals surface area contributed by atoms with Crippen LogP contribution in [0.1, 0.15) is 57.4 Å². The third-order valence-corrected chi connectivity index (χ3v) is 7.94. The number of halogens is 5. The number of hydrogen-bond acceptors (Lipinski definition) is 4. The van der Waals surface area contributed by atoms with Crippen LogP contribution < -0.4 is 22.9 Å². The van der Waals surface area contributed by atoms with Crippen LogP contribution in [0.5, 0.6) is 0 Å². The second kappa shape index (κ2) is 26.6. The van der Waals surface area contributed by atoms with E-state index in [9.17, 15) is 8.78 Å². The van der Waals surface area contributed by atoms with Crippen molar-refractivity contribution in [3.05, 3.63) is 136 Å². The van der Waals surface area contributed by atoms with Gasteiger partial charge in [0.25, 0.3) is 0 Å². The zero-order valence-corrected chi connectivity index (χ0v) is 34.4. The first-order valence-electron chi connectivity index (χ1n) is 14.9. The Labute approximate surface area is 336 Å². The number of hydrogen-bond donors (Lipinski definition) is 4. The van der Waals surface area contributed by atoms with Crippen LogP contribution in [0.15, 0.2) is 111 Å². The van der Waals surface area contributed by atoms with Crippen molar-refractivity contribution in [1.82, 2.24) is 0 Å². The topological polar surface area (TPSA) is 154 Å². The highest BCUT2D eigenvalue weighted by atomic mass is 131. The van der Waals surface area contributed by atoms with Crippen molar-refractivity contribution >= 4 is 91.1 Å². The largest absolute Gasteiger partial charge is 0.388 e. The van der Waals surface area contributed by atoms with Gasteiger partial charge in [-0.3, -0.25) is 20.0 Å². The van der Waals surface area contributed by atoms with E-state index in [-0.39, 0.29) is 19.1 Å². The molecule has 0 heterocycles. The van der Waals surface area contributed by atoms with E-state index in [1.807, 2.05) is 34.7 Å². The molecule has 0 fully saturated rings. The van der Waals surface area contributed by atoms with E-state index < -0.39 is 0 Å². The molecule has 0 atom stereocenters. The van der Waals surface area contributed by atoms with E-state index in [1.54, 1.807) is 45.9 Å². The molecular weight excluding hydrogens is 986 g/mol. The molecular formula is C37H47F2I3N8. The second-order valence-electron chi connectivity index (χ2n) is 10.5. The van der Waals surface area contributed by atoms with Crippen molar-refractivity contribution in [3.63, 3.8) is 0 Å². The zero-order chi connectivity index (χ0) is 36.8. The standard InChI is InChI=1S/C9H10FIN2.C9H11FN2.2C9H11IN2.CH4/c1-6(12)13-5-7-2-3-8(10)9(11)4-7;1-7(11)12-6-8-3-2-4-9(10)5-8;1-7(11)12-6-8-2-4-9(10)5-3-8;1-7(11)12-6-8-3-2-4-9(10)5-8;/h2-4H,5H2,1H3,(H2,12,13);3*2-5H,6H2,1H3,(H2,11,12);1H4/i11+4;10-1;2*10+4;. The minimum atomic E-state index is -0.239. The lowest BCUT2D eigenvalue weighted by atomic mass is 10.2. The highest BCUT2D eigenvalue weighted by Gasteiger charge is 1.99. The Bertz CT molecular complexity index is 1630. The summed E-state index contributed by atoms with van der Waals surface area (Å²) in [5.41, 5.74) is 25.8. The minimum Gasteiger partial charge on any atom is -0.388 e. The van der Waals surface area contributed by atoms with Crippen LogP contribution in [0, 0.1) is 22.3 Å². The Morgan fingerprint density at radius 2 is 0.900 bits per heavy atom. The molecule has 0 aliphatic rings. The molecule has 0 amide bonds. The Balaban J connectivity index is 0.000000636. The van der Waals surface area contributed by atoms with Crippen molar-refractivity contribution in [3.8, 4) is 0 Å². The number of aliphatic imine (C=N–C) groups is 4. The molecule has 0 spiro atoms. The maximum atomic E-state index is 12.8. The molecule has 50 heavy (non-hydrogen) atoms. The summed E-state index contributed by atoms with van der Waals surface area (Å²) in [6.45, 7) is 9.35. The van der Waals surface area contributed by atoms with E-state index >= 15 is 0 Å². The second-order valence-corrected chi connectivity index (χ2v) is 14.1.